The number of para-hydroxylation sites is 2. The molecule has 3 aromatic rings. The molecule has 0 bridgehead atoms. The maximum atomic E-state index is 9.11. The molecule has 0 fully saturated rings. The van der Waals surface area contributed by atoms with Gasteiger partial charge in [-0.15, -0.1) is 0 Å². The molecule has 0 aliphatic heterocycles. The highest BCUT2D eigenvalue weighted by Gasteiger charge is 2.05. The van der Waals surface area contributed by atoms with Gasteiger partial charge in [0.2, 0.25) is 0 Å². The molecule has 0 radical (unpaired) electrons. The highest BCUT2D eigenvalue weighted by atomic mass is 16.5. The van der Waals surface area contributed by atoms with E-state index >= 15 is 0 Å². The van der Waals surface area contributed by atoms with Gasteiger partial charge in [-0.2, -0.15) is 0 Å². The molecule has 2 aromatic carbocycles. The van der Waals surface area contributed by atoms with Crippen LogP contribution in [0.15, 0.2) is 60.8 Å². The second-order valence-electron chi connectivity index (χ2n) is 4.86. The van der Waals surface area contributed by atoms with E-state index < -0.39 is 0 Å². The van der Waals surface area contributed by atoms with Gasteiger partial charge in [-0.3, -0.25) is 4.98 Å². The standard InChI is InChI=1S/C18H17NO2/c20-12-10-14-5-1-4-8-18(14)21-13-15-9-11-19-17-7-3-2-6-16(15)17/h1-9,11,20H,10,12-13H2. The van der Waals surface area contributed by atoms with Crippen molar-refractivity contribution in [2.75, 3.05) is 6.61 Å². The van der Waals surface area contributed by atoms with E-state index in [0.717, 1.165) is 27.8 Å². The Kier molecular flexibility index (Phi) is 4.12. The molecule has 0 unspecified atom stereocenters. The Balaban J connectivity index is 1.84. The second kappa shape index (κ2) is 6.37. The van der Waals surface area contributed by atoms with Crippen LogP contribution >= 0.6 is 0 Å². The molecule has 0 atom stereocenters. The topological polar surface area (TPSA) is 42.4 Å². The number of benzene rings is 2. The predicted molar refractivity (Wildman–Crippen MR) is 83.3 cm³/mol. The summed E-state index contributed by atoms with van der Waals surface area (Å²) in [4.78, 5) is 4.36. The molecule has 106 valence electrons. The molecular weight excluding hydrogens is 262 g/mol. The fraction of sp³-hybridized carbons (Fsp3) is 0.167. The number of aromatic nitrogens is 1. The van der Waals surface area contributed by atoms with Crippen molar-refractivity contribution in [3.05, 3.63) is 71.9 Å². The van der Waals surface area contributed by atoms with E-state index in [4.69, 9.17) is 9.84 Å². The molecule has 0 saturated heterocycles. The van der Waals surface area contributed by atoms with Crippen molar-refractivity contribution >= 4 is 10.9 Å². The van der Waals surface area contributed by atoms with Gasteiger partial charge in [0.05, 0.1) is 5.52 Å². The zero-order chi connectivity index (χ0) is 14.5. The number of ether oxygens (including phenoxy) is 1. The number of fused-ring (bicyclic) bond motifs is 1. The zero-order valence-corrected chi connectivity index (χ0v) is 11.7. The van der Waals surface area contributed by atoms with Crippen LogP contribution < -0.4 is 4.74 Å². The molecule has 1 heterocycles. The third kappa shape index (κ3) is 3.03. The van der Waals surface area contributed by atoms with Gasteiger partial charge in [0.1, 0.15) is 12.4 Å². The molecule has 0 aliphatic carbocycles. The van der Waals surface area contributed by atoms with Crippen LogP contribution in [0.4, 0.5) is 0 Å². The van der Waals surface area contributed by atoms with Crippen molar-refractivity contribution in [2.24, 2.45) is 0 Å². The van der Waals surface area contributed by atoms with Crippen LogP contribution in [0, 0.1) is 0 Å². The van der Waals surface area contributed by atoms with Crippen LogP contribution in [0.5, 0.6) is 5.75 Å². The third-order valence-corrected chi connectivity index (χ3v) is 3.48. The molecule has 1 N–H and O–H groups in total. The summed E-state index contributed by atoms with van der Waals surface area (Å²) in [5, 5.41) is 10.2. The van der Waals surface area contributed by atoms with Gasteiger partial charge in [0, 0.05) is 23.8 Å². The third-order valence-electron chi connectivity index (χ3n) is 3.48. The number of hydrogen-bond donors (Lipinski definition) is 1. The Bertz CT molecular complexity index is 735. The van der Waals surface area contributed by atoms with Gasteiger partial charge in [0.15, 0.2) is 0 Å². The van der Waals surface area contributed by atoms with Gasteiger partial charge in [-0.25, -0.2) is 0 Å². The maximum absolute atomic E-state index is 9.11. The smallest absolute Gasteiger partial charge is 0.123 e. The van der Waals surface area contributed by atoms with Crippen molar-refractivity contribution in [1.29, 1.82) is 0 Å². The minimum absolute atomic E-state index is 0.124. The van der Waals surface area contributed by atoms with Gasteiger partial charge in [-0.1, -0.05) is 36.4 Å². The molecule has 3 heteroatoms. The molecular formula is C18H17NO2. The quantitative estimate of drug-likeness (QED) is 0.779. The monoisotopic (exact) mass is 279 g/mol. The van der Waals surface area contributed by atoms with Gasteiger partial charge >= 0.3 is 0 Å². The summed E-state index contributed by atoms with van der Waals surface area (Å²) in [5.74, 6) is 0.826. The Morgan fingerprint density at radius 3 is 2.62 bits per heavy atom. The highest BCUT2D eigenvalue weighted by Crippen LogP contribution is 2.22. The molecule has 0 spiro atoms. The summed E-state index contributed by atoms with van der Waals surface area (Å²) in [6.07, 6.45) is 2.41. The first-order chi connectivity index (χ1) is 10.4. The lowest BCUT2D eigenvalue weighted by atomic mass is 10.1. The molecule has 0 saturated carbocycles. The second-order valence-corrected chi connectivity index (χ2v) is 4.86. The minimum atomic E-state index is 0.124. The number of aliphatic hydroxyl groups excluding tert-OH is 1. The summed E-state index contributed by atoms with van der Waals surface area (Å²) in [6, 6.07) is 17.9. The molecule has 1 aromatic heterocycles. The van der Waals surface area contributed by atoms with Crippen molar-refractivity contribution < 1.29 is 9.84 Å². The molecule has 3 rings (SSSR count). The van der Waals surface area contributed by atoms with Crippen LogP contribution in [0.25, 0.3) is 10.9 Å². The summed E-state index contributed by atoms with van der Waals surface area (Å²) in [7, 11) is 0. The Labute approximate surface area is 123 Å². The van der Waals surface area contributed by atoms with E-state index in [1.54, 1.807) is 6.20 Å². The Morgan fingerprint density at radius 1 is 0.905 bits per heavy atom. The first-order valence-electron chi connectivity index (χ1n) is 7.02. The van der Waals surface area contributed by atoms with E-state index in [1.807, 2.05) is 48.5 Å². The van der Waals surface area contributed by atoms with Crippen LogP contribution in [0.1, 0.15) is 11.1 Å². The van der Waals surface area contributed by atoms with Crippen molar-refractivity contribution in [2.45, 2.75) is 13.0 Å². The lowest BCUT2D eigenvalue weighted by molar-refractivity contribution is 0.284. The fourth-order valence-electron chi connectivity index (χ4n) is 2.41. The lowest BCUT2D eigenvalue weighted by Gasteiger charge is -2.12. The van der Waals surface area contributed by atoms with E-state index in [1.165, 1.54) is 0 Å². The number of aliphatic hydroxyl groups is 1. The molecule has 0 amide bonds. The van der Waals surface area contributed by atoms with Crippen LogP contribution in [0.2, 0.25) is 0 Å². The molecule has 21 heavy (non-hydrogen) atoms. The van der Waals surface area contributed by atoms with Crippen LogP contribution in [0.3, 0.4) is 0 Å². The van der Waals surface area contributed by atoms with Gasteiger partial charge in [0.25, 0.3) is 0 Å². The first-order valence-corrected chi connectivity index (χ1v) is 7.02. The van der Waals surface area contributed by atoms with E-state index in [9.17, 15) is 0 Å². The summed E-state index contributed by atoms with van der Waals surface area (Å²) < 4.78 is 5.94. The number of rotatable bonds is 5. The van der Waals surface area contributed by atoms with E-state index in [0.29, 0.717) is 13.0 Å². The van der Waals surface area contributed by atoms with Crippen molar-refractivity contribution in [1.82, 2.24) is 4.98 Å². The number of nitrogens with zero attached hydrogens (tertiary/aromatic N) is 1. The largest absolute Gasteiger partial charge is 0.489 e. The van der Waals surface area contributed by atoms with Crippen molar-refractivity contribution in [3.8, 4) is 5.75 Å². The average Bonchev–Trinajstić information content (AvgIpc) is 2.54. The van der Waals surface area contributed by atoms with Gasteiger partial charge < -0.3 is 9.84 Å². The number of pyridine rings is 1. The SMILES string of the molecule is OCCc1ccccc1OCc1ccnc2ccccc12. The summed E-state index contributed by atoms with van der Waals surface area (Å²) in [6.45, 7) is 0.615. The molecule has 0 aliphatic rings. The maximum Gasteiger partial charge on any atom is 0.123 e. The van der Waals surface area contributed by atoms with Crippen LogP contribution in [-0.4, -0.2) is 16.7 Å². The van der Waals surface area contributed by atoms with Crippen molar-refractivity contribution in [3.63, 3.8) is 0 Å². The Morgan fingerprint density at radius 2 is 1.71 bits per heavy atom. The minimum Gasteiger partial charge on any atom is -0.489 e. The first kappa shape index (κ1) is 13.6. The Hall–Kier alpha value is -2.39. The van der Waals surface area contributed by atoms with E-state index in [-0.39, 0.29) is 6.61 Å². The zero-order valence-electron chi connectivity index (χ0n) is 11.7. The lowest BCUT2D eigenvalue weighted by Crippen LogP contribution is -2.01. The summed E-state index contributed by atoms with van der Waals surface area (Å²) in [5.41, 5.74) is 3.11. The fourth-order valence-corrected chi connectivity index (χ4v) is 2.41. The summed E-state index contributed by atoms with van der Waals surface area (Å²) >= 11 is 0. The highest BCUT2D eigenvalue weighted by molar-refractivity contribution is 5.81. The average molecular weight is 279 g/mol. The normalized spacial score (nSPS) is 10.7. The van der Waals surface area contributed by atoms with Crippen LogP contribution in [-0.2, 0) is 13.0 Å². The predicted octanol–water partition coefficient (Wildman–Crippen LogP) is 3.35. The number of hydrogen-bond acceptors (Lipinski definition) is 3. The van der Waals surface area contributed by atoms with Gasteiger partial charge in [-0.05, 0) is 30.2 Å². The van der Waals surface area contributed by atoms with E-state index in [2.05, 4.69) is 11.1 Å². The molecule has 3 nitrogen and oxygen atoms in total.